The maximum atomic E-state index is 12.4. The number of non-ortho nitro benzene ring substituents is 1. The Labute approximate surface area is 96.8 Å². The van der Waals surface area contributed by atoms with Crippen molar-refractivity contribution in [3.63, 3.8) is 0 Å². The molecular formula is C9H6F5NO3. The third-order valence-electron chi connectivity index (χ3n) is 2.06. The van der Waals surface area contributed by atoms with E-state index in [1.54, 1.807) is 0 Å². The molecule has 9 heteroatoms. The average molecular weight is 271 g/mol. The van der Waals surface area contributed by atoms with E-state index in [0.717, 1.165) is 0 Å². The van der Waals surface area contributed by atoms with Gasteiger partial charge in [-0.2, -0.15) is 13.2 Å². The summed E-state index contributed by atoms with van der Waals surface area (Å²) in [5, 5.41) is 19.3. The minimum absolute atomic E-state index is 0.210. The second-order valence-electron chi connectivity index (χ2n) is 3.35. The van der Waals surface area contributed by atoms with E-state index >= 15 is 0 Å². The Morgan fingerprint density at radius 1 is 1.22 bits per heavy atom. The first kappa shape index (κ1) is 14.3. The van der Waals surface area contributed by atoms with Crippen LogP contribution in [0.4, 0.5) is 27.6 Å². The van der Waals surface area contributed by atoms with Gasteiger partial charge >= 0.3 is 6.18 Å². The molecule has 4 nitrogen and oxygen atoms in total. The van der Waals surface area contributed by atoms with Crippen LogP contribution in [0.1, 0.15) is 17.2 Å². The van der Waals surface area contributed by atoms with Crippen molar-refractivity contribution in [1.29, 1.82) is 0 Å². The topological polar surface area (TPSA) is 63.4 Å². The lowest BCUT2D eigenvalue weighted by Gasteiger charge is -2.13. The fraction of sp³-hybridized carbons (Fsp3) is 0.333. The summed E-state index contributed by atoms with van der Waals surface area (Å²) < 4.78 is 61.5. The Morgan fingerprint density at radius 2 is 1.78 bits per heavy atom. The van der Waals surface area contributed by atoms with Crippen LogP contribution in [0.25, 0.3) is 0 Å². The van der Waals surface area contributed by atoms with Crippen LogP contribution in [0.5, 0.6) is 0 Å². The van der Waals surface area contributed by atoms with Crippen molar-refractivity contribution in [1.82, 2.24) is 0 Å². The van der Waals surface area contributed by atoms with Crippen molar-refractivity contribution in [2.75, 3.05) is 0 Å². The van der Waals surface area contributed by atoms with E-state index < -0.39 is 40.4 Å². The van der Waals surface area contributed by atoms with Gasteiger partial charge in [0.15, 0.2) is 0 Å². The highest BCUT2D eigenvalue weighted by Gasteiger charge is 2.34. The van der Waals surface area contributed by atoms with Crippen LogP contribution in [0, 0.1) is 10.1 Å². The molecule has 0 radical (unpaired) electrons. The third-order valence-corrected chi connectivity index (χ3v) is 2.06. The molecule has 0 saturated carbocycles. The first-order chi connectivity index (χ1) is 8.12. The summed E-state index contributed by atoms with van der Waals surface area (Å²) in [6.45, 7) is 0. The Kier molecular flexibility index (Phi) is 3.85. The first-order valence-corrected chi connectivity index (χ1v) is 4.45. The zero-order valence-electron chi connectivity index (χ0n) is 8.49. The maximum Gasteiger partial charge on any atom is 0.416 e. The minimum Gasteiger partial charge on any atom is -0.382 e. The second-order valence-corrected chi connectivity index (χ2v) is 3.35. The van der Waals surface area contributed by atoms with Crippen LogP contribution < -0.4 is 0 Å². The van der Waals surface area contributed by atoms with Crippen LogP contribution >= 0.6 is 0 Å². The van der Waals surface area contributed by atoms with Gasteiger partial charge in [-0.15, -0.1) is 0 Å². The summed E-state index contributed by atoms with van der Waals surface area (Å²) in [4.78, 5) is 9.24. The van der Waals surface area contributed by atoms with Crippen molar-refractivity contribution in [2.45, 2.75) is 18.7 Å². The Morgan fingerprint density at radius 3 is 2.17 bits per heavy atom. The van der Waals surface area contributed by atoms with Crippen molar-refractivity contribution >= 4 is 5.69 Å². The zero-order chi connectivity index (χ0) is 14.1. The Balaban J connectivity index is 3.36. The van der Waals surface area contributed by atoms with Crippen LogP contribution in [-0.2, 0) is 6.18 Å². The van der Waals surface area contributed by atoms with Crippen LogP contribution in [0.15, 0.2) is 18.2 Å². The fourth-order valence-electron chi connectivity index (χ4n) is 1.22. The number of halogens is 5. The molecule has 100 valence electrons. The molecule has 1 atom stereocenters. The highest BCUT2D eigenvalue weighted by Crippen LogP contribution is 2.34. The molecule has 18 heavy (non-hydrogen) atoms. The molecule has 0 spiro atoms. The Hall–Kier alpha value is -1.77. The summed E-state index contributed by atoms with van der Waals surface area (Å²) in [5.41, 5.74) is -3.34. The van der Waals surface area contributed by atoms with Crippen LogP contribution in [0.3, 0.4) is 0 Å². The molecule has 0 amide bonds. The largest absolute Gasteiger partial charge is 0.416 e. The number of benzene rings is 1. The number of nitro benzene ring substituents is 1. The van der Waals surface area contributed by atoms with Crippen molar-refractivity contribution in [3.05, 3.63) is 39.4 Å². The van der Waals surface area contributed by atoms with Crippen LogP contribution in [0.2, 0.25) is 0 Å². The van der Waals surface area contributed by atoms with E-state index in [0.29, 0.717) is 6.07 Å². The molecule has 0 fully saturated rings. The van der Waals surface area contributed by atoms with E-state index in [-0.39, 0.29) is 12.1 Å². The molecule has 0 bridgehead atoms. The van der Waals surface area contributed by atoms with Gasteiger partial charge in [0, 0.05) is 12.1 Å². The fourth-order valence-corrected chi connectivity index (χ4v) is 1.22. The molecular weight excluding hydrogens is 265 g/mol. The molecule has 0 aliphatic rings. The van der Waals surface area contributed by atoms with Gasteiger partial charge in [0.25, 0.3) is 12.1 Å². The lowest BCUT2D eigenvalue weighted by atomic mass is 10.0. The number of hydrogen-bond acceptors (Lipinski definition) is 3. The minimum atomic E-state index is -4.93. The van der Waals surface area contributed by atoms with Gasteiger partial charge in [0.2, 0.25) is 0 Å². The molecule has 0 aliphatic carbocycles. The number of aliphatic hydroxyl groups excluding tert-OH is 1. The molecule has 0 heterocycles. The highest BCUT2D eigenvalue weighted by molar-refractivity contribution is 5.41. The summed E-state index contributed by atoms with van der Waals surface area (Å²) in [6, 6.07) is 0.942. The monoisotopic (exact) mass is 271 g/mol. The van der Waals surface area contributed by atoms with Gasteiger partial charge in [-0.05, 0) is 11.6 Å². The number of nitro groups is 1. The van der Waals surface area contributed by atoms with Gasteiger partial charge in [-0.25, -0.2) is 8.78 Å². The van der Waals surface area contributed by atoms with E-state index in [4.69, 9.17) is 5.11 Å². The van der Waals surface area contributed by atoms with Gasteiger partial charge in [-0.3, -0.25) is 10.1 Å². The Bertz CT molecular complexity index is 460. The number of alkyl halides is 5. The SMILES string of the molecule is O=[N+]([O-])c1cc(C(O)C(F)F)cc(C(F)(F)F)c1. The molecule has 1 N–H and O–H groups in total. The number of aliphatic hydroxyl groups is 1. The maximum absolute atomic E-state index is 12.4. The normalized spacial score (nSPS) is 13.7. The molecule has 0 aromatic heterocycles. The predicted molar refractivity (Wildman–Crippen MR) is 49.1 cm³/mol. The van der Waals surface area contributed by atoms with E-state index in [2.05, 4.69) is 0 Å². The van der Waals surface area contributed by atoms with E-state index in [1.807, 2.05) is 0 Å². The average Bonchev–Trinajstić information content (AvgIpc) is 2.26. The number of nitrogens with zero attached hydrogens (tertiary/aromatic N) is 1. The zero-order valence-corrected chi connectivity index (χ0v) is 8.49. The summed E-state index contributed by atoms with van der Waals surface area (Å²) in [6.07, 6.45) is -10.8. The lowest BCUT2D eigenvalue weighted by Crippen LogP contribution is -2.12. The van der Waals surface area contributed by atoms with Gasteiger partial charge in [0.1, 0.15) is 6.10 Å². The lowest BCUT2D eigenvalue weighted by molar-refractivity contribution is -0.385. The van der Waals surface area contributed by atoms with Gasteiger partial charge in [-0.1, -0.05) is 0 Å². The highest BCUT2D eigenvalue weighted by atomic mass is 19.4. The second kappa shape index (κ2) is 4.84. The van der Waals surface area contributed by atoms with Crippen molar-refractivity contribution in [2.24, 2.45) is 0 Å². The summed E-state index contributed by atoms with van der Waals surface area (Å²) in [7, 11) is 0. The predicted octanol–water partition coefficient (Wildman–Crippen LogP) is 2.91. The molecule has 1 rings (SSSR count). The first-order valence-electron chi connectivity index (χ1n) is 4.45. The molecule has 1 aromatic rings. The molecule has 1 aromatic carbocycles. The smallest absolute Gasteiger partial charge is 0.382 e. The quantitative estimate of drug-likeness (QED) is 0.522. The van der Waals surface area contributed by atoms with E-state index in [1.165, 1.54) is 0 Å². The third kappa shape index (κ3) is 3.13. The van der Waals surface area contributed by atoms with Gasteiger partial charge in [0.05, 0.1) is 10.5 Å². The summed E-state index contributed by atoms with van der Waals surface area (Å²) >= 11 is 0. The summed E-state index contributed by atoms with van der Waals surface area (Å²) in [5.74, 6) is 0. The number of rotatable bonds is 3. The standard InChI is InChI=1S/C9H6F5NO3/c10-8(11)7(16)4-1-5(9(12,13)14)3-6(2-4)15(17)18/h1-3,7-8,16H. The van der Waals surface area contributed by atoms with Crippen molar-refractivity contribution < 1.29 is 32.0 Å². The van der Waals surface area contributed by atoms with Crippen LogP contribution in [-0.4, -0.2) is 16.5 Å². The molecule has 0 saturated heterocycles. The van der Waals surface area contributed by atoms with Crippen molar-refractivity contribution in [3.8, 4) is 0 Å². The van der Waals surface area contributed by atoms with E-state index in [9.17, 15) is 32.1 Å². The molecule has 0 aliphatic heterocycles. The number of hydrogen-bond donors (Lipinski definition) is 1. The van der Waals surface area contributed by atoms with Gasteiger partial charge < -0.3 is 5.11 Å². The molecule has 1 unspecified atom stereocenters.